The topological polar surface area (TPSA) is 74.2 Å². The summed E-state index contributed by atoms with van der Waals surface area (Å²) in [5.74, 6) is 0.508. The molecule has 0 unspecified atom stereocenters. The van der Waals surface area contributed by atoms with Crippen LogP contribution in [0.15, 0.2) is 18.2 Å². The first-order valence-corrected chi connectivity index (χ1v) is 6.44. The van der Waals surface area contributed by atoms with Crippen molar-refractivity contribution in [2.45, 2.75) is 32.9 Å². The van der Waals surface area contributed by atoms with Crippen LogP contribution in [0.25, 0.3) is 0 Å². The summed E-state index contributed by atoms with van der Waals surface area (Å²) in [7, 11) is 1.53. The second-order valence-electron chi connectivity index (χ2n) is 5.55. The summed E-state index contributed by atoms with van der Waals surface area (Å²) in [5.41, 5.74) is 1.20. The van der Waals surface area contributed by atoms with Crippen LogP contribution in [0.3, 0.4) is 0 Å². The Bertz CT molecular complexity index is 513. The number of nitriles is 1. The van der Waals surface area contributed by atoms with Crippen LogP contribution < -0.4 is 15.4 Å². The van der Waals surface area contributed by atoms with E-state index >= 15 is 0 Å². The molecular formula is C15H21N3O2. The Hall–Kier alpha value is -2.06. The molecule has 0 aromatic heterocycles. The smallest absolute Gasteiger partial charge is 0.234 e. The zero-order chi connectivity index (χ0) is 15.2. The summed E-state index contributed by atoms with van der Waals surface area (Å²) in [6.45, 7) is 6.58. The van der Waals surface area contributed by atoms with E-state index in [4.69, 9.17) is 10.00 Å². The summed E-state index contributed by atoms with van der Waals surface area (Å²) in [6.07, 6.45) is 0. The Balaban J connectivity index is 2.51. The number of nitrogens with zero attached hydrogens (tertiary/aromatic N) is 1. The number of carbonyl (C=O) groups is 1. The Morgan fingerprint density at radius 3 is 2.65 bits per heavy atom. The van der Waals surface area contributed by atoms with Gasteiger partial charge in [0, 0.05) is 12.1 Å². The van der Waals surface area contributed by atoms with E-state index in [0.29, 0.717) is 17.9 Å². The van der Waals surface area contributed by atoms with Gasteiger partial charge in [-0.2, -0.15) is 5.26 Å². The molecule has 2 N–H and O–H groups in total. The lowest BCUT2D eigenvalue weighted by Crippen LogP contribution is -2.44. The standard InChI is InChI=1S/C15H21N3O2/c1-15(2,3)18-14(19)10-17-9-11-5-6-13(20-4)12(7-11)8-16/h5-7,17H,9-10H2,1-4H3,(H,18,19). The van der Waals surface area contributed by atoms with Crippen LogP contribution >= 0.6 is 0 Å². The van der Waals surface area contributed by atoms with Crippen LogP contribution in [0.4, 0.5) is 0 Å². The van der Waals surface area contributed by atoms with Gasteiger partial charge in [-0.15, -0.1) is 0 Å². The summed E-state index contributed by atoms with van der Waals surface area (Å²) >= 11 is 0. The van der Waals surface area contributed by atoms with Gasteiger partial charge in [0.2, 0.25) is 5.91 Å². The van der Waals surface area contributed by atoms with Crippen molar-refractivity contribution in [3.63, 3.8) is 0 Å². The monoisotopic (exact) mass is 275 g/mol. The minimum absolute atomic E-state index is 0.0495. The Morgan fingerprint density at radius 1 is 1.40 bits per heavy atom. The first-order chi connectivity index (χ1) is 9.35. The highest BCUT2D eigenvalue weighted by atomic mass is 16.5. The zero-order valence-electron chi connectivity index (χ0n) is 12.4. The first kappa shape index (κ1) is 16.0. The van der Waals surface area contributed by atoms with Crippen LogP contribution in [-0.4, -0.2) is 25.1 Å². The Kier molecular flexibility index (Phi) is 5.53. The normalized spacial score (nSPS) is 10.8. The highest BCUT2D eigenvalue weighted by Crippen LogP contribution is 2.18. The van der Waals surface area contributed by atoms with Crippen molar-refractivity contribution in [3.05, 3.63) is 29.3 Å². The van der Waals surface area contributed by atoms with Gasteiger partial charge in [0.25, 0.3) is 0 Å². The average Bonchev–Trinajstić information content (AvgIpc) is 2.36. The summed E-state index contributed by atoms with van der Waals surface area (Å²) < 4.78 is 5.08. The van der Waals surface area contributed by atoms with E-state index in [0.717, 1.165) is 5.56 Å². The maximum Gasteiger partial charge on any atom is 0.234 e. The minimum atomic E-state index is -0.229. The van der Waals surface area contributed by atoms with Crippen LogP contribution in [-0.2, 0) is 11.3 Å². The highest BCUT2D eigenvalue weighted by molar-refractivity contribution is 5.78. The number of hydrogen-bond donors (Lipinski definition) is 2. The molecule has 20 heavy (non-hydrogen) atoms. The molecule has 5 heteroatoms. The van der Waals surface area contributed by atoms with E-state index in [2.05, 4.69) is 16.7 Å². The quantitative estimate of drug-likeness (QED) is 0.855. The third-order valence-corrected chi connectivity index (χ3v) is 2.51. The lowest BCUT2D eigenvalue weighted by Gasteiger charge is -2.20. The van der Waals surface area contributed by atoms with Crippen LogP contribution in [0, 0.1) is 11.3 Å². The predicted octanol–water partition coefficient (Wildman–Crippen LogP) is 1.57. The zero-order valence-corrected chi connectivity index (χ0v) is 12.4. The number of amides is 1. The molecule has 0 fully saturated rings. The minimum Gasteiger partial charge on any atom is -0.495 e. The van der Waals surface area contributed by atoms with Crippen molar-refractivity contribution >= 4 is 5.91 Å². The van der Waals surface area contributed by atoms with Gasteiger partial charge < -0.3 is 15.4 Å². The van der Waals surface area contributed by atoms with Gasteiger partial charge in [0.15, 0.2) is 0 Å². The van der Waals surface area contributed by atoms with Crippen molar-refractivity contribution < 1.29 is 9.53 Å². The molecule has 108 valence electrons. The molecule has 0 aliphatic carbocycles. The molecular weight excluding hydrogens is 254 g/mol. The Labute approximate surface area is 119 Å². The van der Waals surface area contributed by atoms with Crippen molar-refractivity contribution in [2.75, 3.05) is 13.7 Å². The van der Waals surface area contributed by atoms with Crippen molar-refractivity contribution in [3.8, 4) is 11.8 Å². The largest absolute Gasteiger partial charge is 0.495 e. The fraction of sp³-hybridized carbons (Fsp3) is 0.467. The number of carbonyl (C=O) groups excluding carboxylic acids is 1. The third-order valence-electron chi connectivity index (χ3n) is 2.51. The van der Waals surface area contributed by atoms with Gasteiger partial charge in [-0.25, -0.2) is 0 Å². The molecule has 1 amide bonds. The summed E-state index contributed by atoms with van der Waals surface area (Å²) in [4.78, 5) is 11.6. The molecule has 0 saturated heterocycles. The predicted molar refractivity (Wildman–Crippen MR) is 77.3 cm³/mol. The van der Waals surface area contributed by atoms with Gasteiger partial charge in [-0.1, -0.05) is 6.07 Å². The van der Waals surface area contributed by atoms with E-state index < -0.39 is 0 Å². The lowest BCUT2D eigenvalue weighted by atomic mass is 10.1. The molecule has 1 aromatic carbocycles. The molecule has 1 rings (SSSR count). The molecule has 5 nitrogen and oxygen atoms in total. The lowest BCUT2D eigenvalue weighted by molar-refractivity contribution is -0.121. The molecule has 0 radical (unpaired) electrons. The van der Waals surface area contributed by atoms with E-state index in [-0.39, 0.29) is 18.0 Å². The van der Waals surface area contributed by atoms with Crippen molar-refractivity contribution in [1.82, 2.24) is 10.6 Å². The van der Waals surface area contributed by atoms with E-state index in [1.165, 1.54) is 7.11 Å². The fourth-order valence-corrected chi connectivity index (χ4v) is 1.74. The van der Waals surface area contributed by atoms with E-state index in [1.54, 1.807) is 12.1 Å². The van der Waals surface area contributed by atoms with Gasteiger partial charge in [-0.05, 0) is 38.5 Å². The van der Waals surface area contributed by atoms with Crippen LogP contribution in [0.2, 0.25) is 0 Å². The van der Waals surface area contributed by atoms with Gasteiger partial charge in [0.05, 0.1) is 19.2 Å². The third kappa shape index (κ3) is 5.29. The van der Waals surface area contributed by atoms with Crippen LogP contribution in [0.5, 0.6) is 5.75 Å². The molecule has 0 spiro atoms. The maximum absolute atomic E-state index is 11.6. The molecule has 0 bridgehead atoms. The molecule has 0 aliphatic rings. The summed E-state index contributed by atoms with van der Waals surface area (Å²) in [6, 6.07) is 7.47. The van der Waals surface area contributed by atoms with Crippen LogP contribution in [0.1, 0.15) is 31.9 Å². The number of methoxy groups -OCH3 is 1. The number of rotatable bonds is 5. The fourth-order valence-electron chi connectivity index (χ4n) is 1.74. The SMILES string of the molecule is COc1ccc(CNCC(=O)NC(C)(C)C)cc1C#N. The molecule has 0 heterocycles. The first-order valence-electron chi connectivity index (χ1n) is 6.44. The number of nitrogens with one attached hydrogen (secondary N) is 2. The number of ether oxygens (including phenoxy) is 1. The molecule has 0 atom stereocenters. The van der Waals surface area contributed by atoms with Gasteiger partial charge in [0.1, 0.15) is 11.8 Å². The van der Waals surface area contributed by atoms with Crippen molar-refractivity contribution in [2.24, 2.45) is 0 Å². The van der Waals surface area contributed by atoms with Gasteiger partial charge in [-0.3, -0.25) is 4.79 Å². The highest BCUT2D eigenvalue weighted by Gasteiger charge is 2.13. The summed E-state index contributed by atoms with van der Waals surface area (Å²) in [5, 5.41) is 14.9. The van der Waals surface area contributed by atoms with E-state index in [1.807, 2.05) is 26.8 Å². The van der Waals surface area contributed by atoms with E-state index in [9.17, 15) is 4.79 Å². The molecule has 1 aromatic rings. The number of hydrogen-bond acceptors (Lipinski definition) is 4. The second kappa shape index (κ2) is 6.92. The average molecular weight is 275 g/mol. The molecule has 0 saturated carbocycles. The Morgan fingerprint density at radius 2 is 2.10 bits per heavy atom. The maximum atomic E-state index is 11.6. The second-order valence-corrected chi connectivity index (χ2v) is 5.55. The number of benzene rings is 1. The van der Waals surface area contributed by atoms with Crippen molar-refractivity contribution in [1.29, 1.82) is 5.26 Å². The van der Waals surface area contributed by atoms with Gasteiger partial charge >= 0.3 is 0 Å². The molecule has 0 aliphatic heterocycles.